The maximum atomic E-state index is 12.0. The number of benzene rings is 1. The van der Waals surface area contributed by atoms with Crippen molar-refractivity contribution in [2.45, 2.75) is 6.10 Å². The Labute approximate surface area is 122 Å². The molecule has 1 amide bonds. The highest BCUT2D eigenvalue weighted by molar-refractivity contribution is 5.91. The molecule has 7 heteroatoms. The van der Waals surface area contributed by atoms with E-state index < -0.39 is 0 Å². The van der Waals surface area contributed by atoms with Gasteiger partial charge in [0.1, 0.15) is 11.9 Å². The Morgan fingerprint density at radius 3 is 2.76 bits per heavy atom. The second-order valence-corrected chi connectivity index (χ2v) is 4.45. The van der Waals surface area contributed by atoms with Gasteiger partial charge in [-0.05, 0) is 6.07 Å². The maximum absolute atomic E-state index is 12.0. The Morgan fingerprint density at radius 1 is 1.38 bits per heavy atom. The van der Waals surface area contributed by atoms with Crippen LogP contribution >= 0.6 is 0 Å². The minimum Gasteiger partial charge on any atom is -0.496 e. The van der Waals surface area contributed by atoms with Crippen LogP contribution in [0.25, 0.3) is 0 Å². The minimum atomic E-state index is -0.304. The van der Waals surface area contributed by atoms with Crippen LogP contribution in [0.4, 0.5) is 0 Å². The number of carbonyl (C=O) groups is 1. The molecule has 1 aromatic heterocycles. The van der Waals surface area contributed by atoms with E-state index >= 15 is 0 Å². The first-order valence-corrected chi connectivity index (χ1v) is 6.46. The largest absolute Gasteiger partial charge is 0.496 e. The number of amides is 1. The molecule has 7 nitrogen and oxygen atoms in total. The van der Waals surface area contributed by atoms with Gasteiger partial charge in [0.15, 0.2) is 5.69 Å². The molecular formula is C14H18N4O3. The lowest BCUT2D eigenvalue weighted by molar-refractivity contribution is 0.0815. The molecule has 2 rings (SSSR count). The molecule has 0 spiro atoms. The standard InChI is InChI=1S/C14H18N4O3/c1-18-9-11(16-17-18)14(19)15-8-13(21-3)10-6-4-5-7-12(10)20-2/h4-7,9,13H,8H2,1-3H3,(H,15,19). The molecule has 0 saturated heterocycles. The van der Waals surface area contributed by atoms with Crippen LogP contribution in [0, 0.1) is 0 Å². The molecule has 0 aliphatic rings. The van der Waals surface area contributed by atoms with Gasteiger partial charge in [-0.1, -0.05) is 23.4 Å². The third-order valence-electron chi connectivity index (χ3n) is 3.05. The smallest absolute Gasteiger partial charge is 0.273 e. The fourth-order valence-electron chi connectivity index (χ4n) is 1.98. The summed E-state index contributed by atoms with van der Waals surface area (Å²) in [7, 11) is 4.89. The Bertz CT molecular complexity index is 612. The second-order valence-electron chi connectivity index (χ2n) is 4.45. The molecule has 0 bridgehead atoms. The maximum Gasteiger partial charge on any atom is 0.273 e. The van der Waals surface area contributed by atoms with E-state index in [1.807, 2.05) is 24.3 Å². The highest BCUT2D eigenvalue weighted by atomic mass is 16.5. The molecule has 21 heavy (non-hydrogen) atoms. The molecule has 0 fully saturated rings. The van der Waals surface area contributed by atoms with E-state index in [4.69, 9.17) is 9.47 Å². The van der Waals surface area contributed by atoms with E-state index in [9.17, 15) is 4.79 Å². The van der Waals surface area contributed by atoms with Crippen molar-refractivity contribution in [3.63, 3.8) is 0 Å². The summed E-state index contributed by atoms with van der Waals surface area (Å²) in [5, 5.41) is 10.3. The van der Waals surface area contributed by atoms with Gasteiger partial charge in [-0.15, -0.1) is 5.10 Å². The average Bonchev–Trinajstić information content (AvgIpc) is 2.94. The molecule has 112 valence electrons. The fourth-order valence-corrected chi connectivity index (χ4v) is 1.98. The predicted molar refractivity (Wildman–Crippen MR) is 76.1 cm³/mol. The van der Waals surface area contributed by atoms with Crippen LogP contribution in [0.1, 0.15) is 22.2 Å². The number of aromatic nitrogens is 3. The van der Waals surface area contributed by atoms with Crippen LogP contribution in [0.2, 0.25) is 0 Å². The van der Waals surface area contributed by atoms with Gasteiger partial charge in [0, 0.05) is 26.3 Å². The first-order chi connectivity index (χ1) is 10.2. The molecule has 2 aromatic rings. The number of hydrogen-bond acceptors (Lipinski definition) is 5. The Balaban J connectivity index is 2.04. The number of rotatable bonds is 6. The molecule has 1 N–H and O–H groups in total. The lowest BCUT2D eigenvalue weighted by Gasteiger charge is -2.18. The molecule has 0 radical (unpaired) electrons. The molecule has 0 saturated carbocycles. The summed E-state index contributed by atoms with van der Waals surface area (Å²) in [4.78, 5) is 12.0. The van der Waals surface area contributed by atoms with Crippen LogP contribution < -0.4 is 10.1 Å². The van der Waals surface area contributed by atoms with E-state index in [1.54, 1.807) is 27.5 Å². The molecule has 0 aliphatic heterocycles. The molecular weight excluding hydrogens is 272 g/mol. The van der Waals surface area contributed by atoms with Crippen molar-refractivity contribution in [2.75, 3.05) is 20.8 Å². The van der Waals surface area contributed by atoms with Crippen molar-refractivity contribution in [3.05, 3.63) is 41.7 Å². The summed E-state index contributed by atoms with van der Waals surface area (Å²) in [6.45, 7) is 0.312. The van der Waals surface area contributed by atoms with E-state index in [-0.39, 0.29) is 17.7 Å². The first kappa shape index (κ1) is 15.0. The van der Waals surface area contributed by atoms with Gasteiger partial charge in [-0.2, -0.15) is 0 Å². The first-order valence-electron chi connectivity index (χ1n) is 6.46. The van der Waals surface area contributed by atoms with Gasteiger partial charge in [0.2, 0.25) is 0 Å². The lowest BCUT2D eigenvalue weighted by atomic mass is 10.1. The van der Waals surface area contributed by atoms with Crippen LogP contribution in [-0.4, -0.2) is 41.7 Å². The van der Waals surface area contributed by atoms with Gasteiger partial charge >= 0.3 is 0 Å². The monoisotopic (exact) mass is 290 g/mol. The zero-order valence-electron chi connectivity index (χ0n) is 12.2. The topological polar surface area (TPSA) is 78.3 Å². The Hall–Kier alpha value is -2.41. The number of carbonyl (C=O) groups excluding carboxylic acids is 1. The summed E-state index contributed by atoms with van der Waals surface area (Å²) < 4.78 is 12.2. The summed E-state index contributed by atoms with van der Waals surface area (Å²) in [6.07, 6.45) is 1.25. The highest BCUT2D eigenvalue weighted by Crippen LogP contribution is 2.26. The molecule has 1 aromatic carbocycles. The Kier molecular flexibility index (Phi) is 4.89. The van der Waals surface area contributed by atoms with E-state index in [0.717, 1.165) is 11.3 Å². The van der Waals surface area contributed by atoms with Gasteiger partial charge in [-0.25, -0.2) is 0 Å². The fraction of sp³-hybridized carbons (Fsp3) is 0.357. The normalized spacial score (nSPS) is 12.0. The summed E-state index contributed by atoms with van der Waals surface area (Å²) in [6, 6.07) is 7.54. The molecule has 1 atom stereocenters. The lowest BCUT2D eigenvalue weighted by Crippen LogP contribution is -2.29. The van der Waals surface area contributed by atoms with Crippen LogP contribution in [0.15, 0.2) is 30.5 Å². The van der Waals surface area contributed by atoms with Crippen molar-refractivity contribution in [1.82, 2.24) is 20.3 Å². The number of nitrogens with zero attached hydrogens (tertiary/aromatic N) is 3. The van der Waals surface area contributed by atoms with E-state index in [1.165, 1.54) is 4.68 Å². The zero-order valence-corrected chi connectivity index (χ0v) is 12.2. The second kappa shape index (κ2) is 6.85. The van der Waals surface area contributed by atoms with Gasteiger partial charge < -0.3 is 14.8 Å². The average molecular weight is 290 g/mol. The van der Waals surface area contributed by atoms with Crippen LogP contribution in [0.5, 0.6) is 5.75 Å². The number of nitrogens with one attached hydrogen (secondary N) is 1. The zero-order chi connectivity index (χ0) is 15.2. The number of ether oxygens (including phenoxy) is 2. The van der Waals surface area contributed by atoms with Crippen LogP contribution in [0.3, 0.4) is 0 Å². The number of para-hydroxylation sites is 1. The number of hydrogen-bond donors (Lipinski definition) is 1. The molecule has 0 aliphatic carbocycles. The Morgan fingerprint density at radius 2 is 2.14 bits per heavy atom. The molecule has 1 unspecified atom stereocenters. The third-order valence-corrected chi connectivity index (χ3v) is 3.05. The van der Waals surface area contributed by atoms with Crippen molar-refractivity contribution >= 4 is 5.91 Å². The molecule has 1 heterocycles. The van der Waals surface area contributed by atoms with Gasteiger partial charge in [0.25, 0.3) is 5.91 Å². The SMILES string of the molecule is COc1ccccc1C(CNC(=O)c1cn(C)nn1)OC. The van der Waals surface area contributed by atoms with Crippen molar-refractivity contribution in [1.29, 1.82) is 0 Å². The van der Waals surface area contributed by atoms with Crippen molar-refractivity contribution < 1.29 is 14.3 Å². The van der Waals surface area contributed by atoms with E-state index in [0.29, 0.717) is 6.54 Å². The van der Waals surface area contributed by atoms with Crippen molar-refractivity contribution in [3.8, 4) is 5.75 Å². The quantitative estimate of drug-likeness (QED) is 0.856. The highest BCUT2D eigenvalue weighted by Gasteiger charge is 2.17. The van der Waals surface area contributed by atoms with Crippen LogP contribution in [-0.2, 0) is 11.8 Å². The van der Waals surface area contributed by atoms with Crippen molar-refractivity contribution in [2.24, 2.45) is 7.05 Å². The van der Waals surface area contributed by atoms with Gasteiger partial charge in [-0.3, -0.25) is 9.48 Å². The number of methoxy groups -OCH3 is 2. The minimum absolute atomic E-state index is 0.271. The predicted octanol–water partition coefficient (Wildman–Crippen LogP) is 0.941. The summed E-state index contributed by atoms with van der Waals surface area (Å²) in [5.74, 6) is 0.429. The summed E-state index contributed by atoms with van der Waals surface area (Å²) >= 11 is 0. The van der Waals surface area contributed by atoms with Gasteiger partial charge in [0.05, 0.1) is 13.3 Å². The summed E-state index contributed by atoms with van der Waals surface area (Å²) in [5.41, 5.74) is 1.15. The number of aryl methyl sites for hydroxylation is 1. The van der Waals surface area contributed by atoms with E-state index in [2.05, 4.69) is 15.6 Å². The third kappa shape index (κ3) is 3.57.